The highest BCUT2D eigenvalue weighted by molar-refractivity contribution is 5.93. The van der Waals surface area contributed by atoms with E-state index in [0.29, 0.717) is 17.3 Å². The second-order valence-corrected chi connectivity index (χ2v) is 4.52. The third-order valence-corrected chi connectivity index (χ3v) is 2.58. The molecule has 0 aliphatic rings. The van der Waals surface area contributed by atoms with Gasteiger partial charge < -0.3 is 14.6 Å². The van der Waals surface area contributed by atoms with E-state index in [4.69, 9.17) is 9.26 Å². The summed E-state index contributed by atoms with van der Waals surface area (Å²) in [5.41, 5.74) is 0.499. The predicted molar refractivity (Wildman–Crippen MR) is 68.8 cm³/mol. The number of hydrogen-bond donors (Lipinski definition) is 1. The van der Waals surface area contributed by atoms with Crippen molar-refractivity contribution in [2.75, 3.05) is 7.11 Å². The molecule has 8 heteroatoms. The van der Waals surface area contributed by atoms with Gasteiger partial charge in [0.05, 0.1) is 18.3 Å². The summed E-state index contributed by atoms with van der Waals surface area (Å²) in [5.74, 6) is 0.556. The molecule has 0 spiro atoms. The summed E-state index contributed by atoms with van der Waals surface area (Å²) in [6.07, 6.45) is 3.23. The highest BCUT2D eigenvalue weighted by atomic mass is 16.5. The van der Waals surface area contributed by atoms with Gasteiger partial charge in [0.15, 0.2) is 5.82 Å². The number of ether oxygens (including phenoxy) is 1. The van der Waals surface area contributed by atoms with Crippen LogP contribution in [-0.4, -0.2) is 32.9 Å². The molecule has 0 atom stereocenters. The second-order valence-electron chi connectivity index (χ2n) is 4.52. The minimum absolute atomic E-state index is 0.193. The molecule has 1 N–H and O–H groups in total. The third-order valence-electron chi connectivity index (χ3n) is 2.58. The van der Waals surface area contributed by atoms with Crippen LogP contribution in [0.2, 0.25) is 0 Å². The lowest BCUT2D eigenvalue weighted by Crippen LogP contribution is -2.23. The predicted octanol–water partition coefficient (Wildman–Crippen LogP) is 0.923. The standard InChI is InChI=1S/C12H17N5O3/c1-8(2)17-6-9(4-14-17)12(18)13-5-10-15-11(7-19-3)20-16-10/h4,6,8H,5,7H2,1-3H3,(H,13,18). The maximum atomic E-state index is 11.9. The number of hydrogen-bond acceptors (Lipinski definition) is 6. The van der Waals surface area contributed by atoms with E-state index < -0.39 is 0 Å². The van der Waals surface area contributed by atoms with E-state index in [-0.39, 0.29) is 25.1 Å². The van der Waals surface area contributed by atoms with Crippen LogP contribution in [0.15, 0.2) is 16.9 Å². The van der Waals surface area contributed by atoms with E-state index in [2.05, 4.69) is 20.6 Å². The zero-order valence-electron chi connectivity index (χ0n) is 11.7. The molecule has 0 radical (unpaired) electrons. The van der Waals surface area contributed by atoms with Crippen molar-refractivity contribution in [1.82, 2.24) is 25.2 Å². The average molecular weight is 279 g/mol. The number of carbonyl (C=O) groups is 1. The van der Waals surface area contributed by atoms with Crippen molar-refractivity contribution in [3.8, 4) is 0 Å². The van der Waals surface area contributed by atoms with Gasteiger partial charge in [0, 0.05) is 19.3 Å². The molecule has 1 amide bonds. The first-order valence-electron chi connectivity index (χ1n) is 6.23. The van der Waals surface area contributed by atoms with Gasteiger partial charge in [-0.2, -0.15) is 10.1 Å². The summed E-state index contributed by atoms with van der Waals surface area (Å²) in [4.78, 5) is 16.0. The monoisotopic (exact) mass is 279 g/mol. The molecule has 2 heterocycles. The van der Waals surface area contributed by atoms with Gasteiger partial charge in [-0.3, -0.25) is 9.48 Å². The van der Waals surface area contributed by atoms with Crippen LogP contribution in [0.25, 0.3) is 0 Å². The fourth-order valence-electron chi connectivity index (χ4n) is 1.54. The lowest BCUT2D eigenvalue weighted by Gasteiger charge is -2.03. The number of nitrogens with zero attached hydrogens (tertiary/aromatic N) is 4. The molecule has 0 aromatic carbocycles. The van der Waals surface area contributed by atoms with Gasteiger partial charge in [0.1, 0.15) is 6.61 Å². The number of amides is 1. The first-order chi connectivity index (χ1) is 9.60. The van der Waals surface area contributed by atoms with Crippen molar-refractivity contribution in [2.45, 2.75) is 33.0 Å². The first-order valence-corrected chi connectivity index (χ1v) is 6.23. The molecule has 0 saturated carbocycles. The van der Waals surface area contributed by atoms with E-state index in [9.17, 15) is 4.79 Å². The normalized spacial score (nSPS) is 11.0. The van der Waals surface area contributed by atoms with Crippen LogP contribution in [-0.2, 0) is 17.9 Å². The fraction of sp³-hybridized carbons (Fsp3) is 0.500. The molecule has 0 fully saturated rings. The van der Waals surface area contributed by atoms with Crippen molar-refractivity contribution in [3.05, 3.63) is 29.7 Å². The van der Waals surface area contributed by atoms with Gasteiger partial charge in [-0.15, -0.1) is 0 Å². The summed E-state index contributed by atoms with van der Waals surface area (Å²) in [6.45, 7) is 4.43. The maximum Gasteiger partial charge on any atom is 0.254 e. The minimum Gasteiger partial charge on any atom is -0.375 e. The zero-order chi connectivity index (χ0) is 14.5. The van der Waals surface area contributed by atoms with Gasteiger partial charge in [-0.05, 0) is 13.8 Å². The van der Waals surface area contributed by atoms with Crippen LogP contribution in [0.1, 0.15) is 42.0 Å². The van der Waals surface area contributed by atoms with Crippen LogP contribution >= 0.6 is 0 Å². The Bertz CT molecular complexity index is 575. The summed E-state index contributed by atoms with van der Waals surface area (Å²) in [7, 11) is 1.54. The smallest absolute Gasteiger partial charge is 0.254 e. The Kier molecular flexibility index (Phi) is 4.46. The molecule has 0 aliphatic carbocycles. The number of rotatable bonds is 6. The number of methoxy groups -OCH3 is 1. The molecule has 2 aromatic heterocycles. The van der Waals surface area contributed by atoms with Crippen molar-refractivity contribution in [2.24, 2.45) is 0 Å². The lowest BCUT2D eigenvalue weighted by atomic mass is 10.3. The highest BCUT2D eigenvalue weighted by Gasteiger charge is 2.11. The van der Waals surface area contributed by atoms with E-state index in [1.165, 1.54) is 13.3 Å². The van der Waals surface area contributed by atoms with Crippen molar-refractivity contribution in [3.63, 3.8) is 0 Å². The molecular weight excluding hydrogens is 262 g/mol. The Labute approximate surface area is 116 Å². The van der Waals surface area contributed by atoms with Gasteiger partial charge in [0.2, 0.25) is 0 Å². The molecular formula is C12H17N5O3. The molecule has 20 heavy (non-hydrogen) atoms. The summed E-state index contributed by atoms with van der Waals surface area (Å²) in [6, 6.07) is 0.213. The molecule has 0 aliphatic heterocycles. The Morgan fingerprint density at radius 1 is 1.55 bits per heavy atom. The first kappa shape index (κ1) is 14.2. The van der Waals surface area contributed by atoms with E-state index >= 15 is 0 Å². The molecule has 2 rings (SSSR count). The molecule has 0 bridgehead atoms. The Hall–Kier alpha value is -2.22. The lowest BCUT2D eigenvalue weighted by molar-refractivity contribution is 0.0949. The minimum atomic E-state index is -0.227. The van der Waals surface area contributed by atoms with Crippen molar-refractivity contribution >= 4 is 5.91 Å². The molecule has 0 saturated heterocycles. The SMILES string of the molecule is COCc1nc(CNC(=O)c2cnn(C(C)C)c2)no1. The summed E-state index contributed by atoms with van der Waals surface area (Å²) >= 11 is 0. The van der Waals surface area contributed by atoms with Crippen LogP contribution in [0.3, 0.4) is 0 Å². The van der Waals surface area contributed by atoms with Gasteiger partial charge in [-0.1, -0.05) is 5.16 Å². The third kappa shape index (κ3) is 3.41. The van der Waals surface area contributed by atoms with Crippen LogP contribution in [0.5, 0.6) is 0 Å². The highest BCUT2D eigenvalue weighted by Crippen LogP contribution is 2.05. The number of carbonyl (C=O) groups excluding carboxylic acids is 1. The quantitative estimate of drug-likeness (QED) is 0.845. The Balaban J connectivity index is 1.90. The van der Waals surface area contributed by atoms with E-state index in [1.807, 2.05) is 13.8 Å². The largest absolute Gasteiger partial charge is 0.375 e. The Morgan fingerprint density at radius 2 is 2.35 bits per heavy atom. The average Bonchev–Trinajstić information content (AvgIpc) is 3.05. The molecule has 2 aromatic rings. The number of nitrogens with one attached hydrogen (secondary N) is 1. The van der Waals surface area contributed by atoms with E-state index in [1.54, 1.807) is 10.9 Å². The summed E-state index contributed by atoms with van der Waals surface area (Å²) < 4.78 is 11.5. The summed E-state index contributed by atoms with van der Waals surface area (Å²) in [5, 5.41) is 10.5. The van der Waals surface area contributed by atoms with Gasteiger partial charge >= 0.3 is 0 Å². The number of aromatic nitrogens is 4. The van der Waals surface area contributed by atoms with Crippen LogP contribution in [0.4, 0.5) is 0 Å². The molecule has 108 valence electrons. The Morgan fingerprint density at radius 3 is 3.00 bits per heavy atom. The van der Waals surface area contributed by atoms with Crippen LogP contribution in [0, 0.1) is 0 Å². The zero-order valence-corrected chi connectivity index (χ0v) is 11.7. The topological polar surface area (TPSA) is 95.1 Å². The van der Waals surface area contributed by atoms with Crippen LogP contribution < -0.4 is 5.32 Å². The van der Waals surface area contributed by atoms with Crippen molar-refractivity contribution < 1.29 is 14.1 Å². The van der Waals surface area contributed by atoms with E-state index in [0.717, 1.165) is 0 Å². The second kappa shape index (κ2) is 6.29. The molecule has 8 nitrogen and oxygen atoms in total. The van der Waals surface area contributed by atoms with Gasteiger partial charge in [0.25, 0.3) is 11.8 Å². The molecule has 0 unspecified atom stereocenters. The fourth-order valence-corrected chi connectivity index (χ4v) is 1.54. The maximum absolute atomic E-state index is 11.9. The van der Waals surface area contributed by atoms with Crippen molar-refractivity contribution in [1.29, 1.82) is 0 Å². The van der Waals surface area contributed by atoms with Gasteiger partial charge in [-0.25, -0.2) is 0 Å².